The Balaban J connectivity index is 1.92. The van der Waals surface area contributed by atoms with Gasteiger partial charge in [0.1, 0.15) is 17.4 Å². The zero-order chi connectivity index (χ0) is 28.7. The van der Waals surface area contributed by atoms with Crippen molar-refractivity contribution in [2.24, 2.45) is 23.0 Å². The molecule has 3 rings (SSSR count). The number of carbonyl (C=O) groups is 2. The highest BCUT2D eigenvalue weighted by Gasteiger charge is 2.43. The molecule has 0 fully saturated rings. The van der Waals surface area contributed by atoms with Crippen LogP contribution in [0.4, 0.5) is 0 Å². The molecule has 1 aliphatic heterocycles. The predicted molar refractivity (Wildman–Crippen MR) is 151 cm³/mol. The number of carbonyl (C=O) groups excluding carboxylic acids is 2. The number of oxazole rings is 1. The van der Waals surface area contributed by atoms with Gasteiger partial charge in [0, 0.05) is 12.3 Å². The molecule has 0 aliphatic carbocycles. The second-order valence-electron chi connectivity index (χ2n) is 11.7. The van der Waals surface area contributed by atoms with Crippen LogP contribution < -0.4 is 5.73 Å². The van der Waals surface area contributed by atoms with Gasteiger partial charge in [-0.25, -0.2) is 4.98 Å². The highest BCUT2D eigenvalue weighted by molar-refractivity contribution is 5.88. The van der Waals surface area contributed by atoms with E-state index in [0.717, 1.165) is 43.2 Å². The first-order valence-electron chi connectivity index (χ1n) is 14.3. The minimum absolute atomic E-state index is 0.0604. The van der Waals surface area contributed by atoms with Crippen LogP contribution in [-0.4, -0.2) is 39.2 Å². The molecule has 8 nitrogen and oxygen atoms in total. The van der Waals surface area contributed by atoms with Crippen molar-refractivity contribution in [1.82, 2.24) is 4.98 Å². The number of esters is 1. The average Bonchev–Trinajstić information content (AvgIpc) is 3.32. The van der Waals surface area contributed by atoms with Gasteiger partial charge in [-0.1, -0.05) is 58.3 Å². The van der Waals surface area contributed by atoms with E-state index in [0.29, 0.717) is 29.8 Å². The van der Waals surface area contributed by atoms with Gasteiger partial charge in [-0.2, -0.15) is 0 Å². The number of benzene rings is 1. The molecule has 0 spiro atoms. The van der Waals surface area contributed by atoms with Crippen LogP contribution in [0, 0.1) is 17.3 Å². The van der Waals surface area contributed by atoms with Gasteiger partial charge in [0.2, 0.25) is 5.89 Å². The number of cyclic esters (lactones) is 1. The topological polar surface area (TPSA) is 136 Å². The largest absolute Gasteiger partial charge is 0.457 e. The first kappa shape index (κ1) is 31.0. The monoisotopic (exact) mass is 542 g/mol. The van der Waals surface area contributed by atoms with E-state index in [9.17, 15) is 19.8 Å². The summed E-state index contributed by atoms with van der Waals surface area (Å²) in [6.07, 6.45) is 4.35. The number of ether oxygens (including phenoxy) is 1. The lowest BCUT2D eigenvalue weighted by atomic mass is 9.71. The summed E-state index contributed by atoms with van der Waals surface area (Å²) in [5.41, 5.74) is 7.61. The Labute approximate surface area is 232 Å². The number of unbranched alkanes of at least 4 members (excludes halogenated alkanes) is 1. The number of rotatable bonds is 5. The summed E-state index contributed by atoms with van der Waals surface area (Å²) >= 11 is 0. The van der Waals surface area contributed by atoms with E-state index in [4.69, 9.17) is 14.9 Å². The number of allylic oxidation sites excluding steroid dienone is 1. The zero-order valence-electron chi connectivity index (χ0n) is 24.1. The smallest absolute Gasteiger partial charge is 0.309 e. The fourth-order valence-electron chi connectivity index (χ4n) is 5.36. The molecule has 2 aromatic rings. The number of aliphatic hydroxyl groups is 2. The van der Waals surface area contributed by atoms with E-state index in [1.807, 2.05) is 19.1 Å². The first-order chi connectivity index (χ1) is 18.5. The number of hydrogen-bond donors (Lipinski definition) is 3. The summed E-state index contributed by atoms with van der Waals surface area (Å²) in [5.74, 6) is -1.02. The summed E-state index contributed by atoms with van der Waals surface area (Å²) in [6.45, 7) is 9.59. The van der Waals surface area contributed by atoms with E-state index in [1.165, 1.54) is 0 Å². The van der Waals surface area contributed by atoms with Crippen LogP contribution in [0.25, 0.3) is 11.1 Å². The van der Waals surface area contributed by atoms with Gasteiger partial charge in [0.15, 0.2) is 5.58 Å². The van der Waals surface area contributed by atoms with Crippen molar-refractivity contribution in [2.75, 3.05) is 0 Å². The zero-order valence-corrected chi connectivity index (χ0v) is 24.1. The number of aliphatic hydroxyl groups excluding tert-OH is 2. The highest BCUT2D eigenvalue weighted by atomic mass is 16.5. The fraction of sp³-hybridized carbons (Fsp3) is 0.645. The van der Waals surface area contributed by atoms with Crippen molar-refractivity contribution in [3.63, 3.8) is 0 Å². The summed E-state index contributed by atoms with van der Waals surface area (Å²) in [7, 11) is 0. The molecule has 0 saturated carbocycles. The van der Waals surface area contributed by atoms with E-state index < -0.39 is 35.6 Å². The maximum Gasteiger partial charge on any atom is 0.309 e. The number of ketones is 1. The van der Waals surface area contributed by atoms with Crippen LogP contribution in [0.3, 0.4) is 0 Å². The van der Waals surface area contributed by atoms with Crippen molar-refractivity contribution < 1.29 is 29.0 Å². The van der Waals surface area contributed by atoms with Crippen molar-refractivity contribution in [3.8, 4) is 0 Å². The Hall–Kier alpha value is -2.55. The molecule has 0 unspecified atom stereocenters. The predicted octanol–water partition coefficient (Wildman–Crippen LogP) is 5.54. The second kappa shape index (κ2) is 13.7. The van der Waals surface area contributed by atoms with Crippen molar-refractivity contribution in [1.29, 1.82) is 0 Å². The Morgan fingerprint density at radius 3 is 2.64 bits per heavy atom. The third-order valence-corrected chi connectivity index (χ3v) is 8.22. The molecule has 1 aliphatic rings. The molecular formula is C31H46N2O6. The van der Waals surface area contributed by atoms with Crippen LogP contribution in [0.5, 0.6) is 0 Å². The van der Waals surface area contributed by atoms with Crippen molar-refractivity contribution in [3.05, 3.63) is 41.3 Å². The lowest BCUT2D eigenvalue weighted by Crippen LogP contribution is -2.46. The van der Waals surface area contributed by atoms with Crippen LogP contribution in [0.2, 0.25) is 0 Å². The summed E-state index contributed by atoms with van der Waals surface area (Å²) in [4.78, 5) is 31.2. The highest BCUT2D eigenvalue weighted by Crippen LogP contribution is 2.35. The van der Waals surface area contributed by atoms with Gasteiger partial charge in [0.05, 0.1) is 30.6 Å². The number of hydrogen-bond acceptors (Lipinski definition) is 8. The van der Waals surface area contributed by atoms with Gasteiger partial charge in [-0.15, -0.1) is 0 Å². The Morgan fingerprint density at radius 2 is 1.95 bits per heavy atom. The van der Waals surface area contributed by atoms with Gasteiger partial charge in [-0.3, -0.25) is 9.59 Å². The quantitative estimate of drug-likeness (QED) is 0.331. The average molecular weight is 543 g/mol. The lowest BCUT2D eigenvalue weighted by Gasteiger charge is -2.36. The molecule has 4 N–H and O–H groups in total. The molecule has 5 atom stereocenters. The maximum atomic E-state index is 13.7. The molecule has 1 aromatic carbocycles. The molecule has 0 bridgehead atoms. The van der Waals surface area contributed by atoms with E-state index >= 15 is 0 Å². The Bertz CT molecular complexity index is 1150. The fourth-order valence-corrected chi connectivity index (χ4v) is 5.36. The molecule has 8 heteroatoms. The molecule has 39 heavy (non-hydrogen) atoms. The second-order valence-corrected chi connectivity index (χ2v) is 11.7. The van der Waals surface area contributed by atoms with Crippen molar-refractivity contribution >= 4 is 22.9 Å². The van der Waals surface area contributed by atoms with Gasteiger partial charge in [-0.05, 0) is 56.2 Å². The standard InChI is InChI=1S/C31H46N2O6/c1-6-7-11-22-29(36)20(3)10-8-9-19(2)12-14-24(39-28(35)17-26(34)31(4,5)30(22)37)21-13-15-25-23(16-21)33-27(18-32)38-25/h12-13,15-16,20,22,24,26,29,34,36H,6-11,14,17-18,32H2,1-5H3/t20-,22+,24-,26-,29-/m0/s1. The van der Waals surface area contributed by atoms with Crippen molar-refractivity contribution in [2.45, 2.75) is 111 Å². The van der Waals surface area contributed by atoms with E-state index in [2.05, 4.69) is 24.9 Å². The normalized spacial score (nSPS) is 27.8. The first-order valence-corrected chi connectivity index (χ1v) is 14.3. The molecule has 1 aromatic heterocycles. The minimum atomic E-state index is -1.25. The van der Waals surface area contributed by atoms with Crippen LogP contribution in [0.15, 0.2) is 34.3 Å². The van der Waals surface area contributed by atoms with E-state index in [-0.39, 0.29) is 24.7 Å². The molecule has 0 saturated heterocycles. The number of Topliss-reactive ketones (excluding diaryl/α,β-unsaturated/α-hetero) is 1. The van der Waals surface area contributed by atoms with Crippen LogP contribution in [0.1, 0.15) is 104 Å². The molecule has 2 heterocycles. The molecule has 216 valence electrons. The van der Waals surface area contributed by atoms with Gasteiger partial charge >= 0.3 is 5.97 Å². The number of aromatic nitrogens is 1. The van der Waals surface area contributed by atoms with Crippen LogP contribution in [-0.2, 0) is 20.9 Å². The third-order valence-electron chi connectivity index (χ3n) is 8.22. The van der Waals surface area contributed by atoms with E-state index in [1.54, 1.807) is 19.9 Å². The third kappa shape index (κ3) is 7.77. The Kier molecular flexibility index (Phi) is 10.9. The summed E-state index contributed by atoms with van der Waals surface area (Å²) in [6, 6.07) is 5.47. The maximum absolute atomic E-state index is 13.7. The lowest BCUT2D eigenvalue weighted by molar-refractivity contribution is -0.156. The summed E-state index contributed by atoms with van der Waals surface area (Å²) < 4.78 is 11.5. The number of nitrogens with zero attached hydrogens (tertiary/aromatic N) is 1. The molecule has 0 amide bonds. The minimum Gasteiger partial charge on any atom is -0.457 e. The van der Waals surface area contributed by atoms with Crippen LogP contribution >= 0.6 is 0 Å². The number of nitrogens with two attached hydrogens (primary N) is 1. The number of fused-ring (bicyclic) bond motifs is 1. The Morgan fingerprint density at radius 1 is 1.21 bits per heavy atom. The van der Waals surface area contributed by atoms with Gasteiger partial charge < -0.3 is 25.1 Å². The molecular weight excluding hydrogens is 496 g/mol. The summed E-state index contributed by atoms with van der Waals surface area (Å²) in [5, 5.41) is 22.3. The molecule has 0 radical (unpaired) electrons. The SMILES string of the molecule is CCCC[C@H]1C(=O)C(C)(C)[C@@H](O)CC(=O)O[C@H](c2ccc3oc(CN)nc3c2)CC=C(C)CCC[C@H](C)[C@@H]1O. The van der Waals surface area contributed by atoms with Gasteiger partial charge in [0.25, 0.3) is 0 Å².